The van der Waals surface area contributed by atoms with Crippen molar-refractivity contribution in [1.82, 2.24) is 0 Å². The number of ether oxygens (including phenoxy) is 8. The highest BCUT2D eigenvalue weighted by Gasteiger charge is 2.16. The first-order valence-electron chi connectivity index (χ1n) is 20.2. The summed E-state index contributed by atoms with van der Waals surface area (Å²) in [5, 5.41) is 0. The molecule has 3 aromatic carbocycles. The molecule has 0 atom stereocenters. The van der Waals surface area contributed by atoms with Gasteiger partial charge in [-0.1, -0.05) is 75.5 Å². The van der Waals surface area contributed by atoms with Gasteiger partial charge in [0.25, 0.3) is 0 Å². The zero-order chi connectivity index (χ0) is 45.7. The van der Waals surface area contributed by atoms with E-state index < -0.39 is 36.2 Å². The summed E-state index contributed by atoms with van der Waals surface area (Å²) < 4.78 is 40.9. The number of rotatable bonds is 19. The number of aryl methyl sites for hydroxylation is 1. The highest BCUT2D eigenvalue weighted by Crippen LogP contribution is 2.27. The molecule has 0 radical (unpaired) electrons. The summed E-state index contributed by atoms with van der Waals surface area (Å²) in [6.45, 7) is 24.9. The molecule has 0 bridgehead atoms. The van der Waals surface area contributed by atoms with E-state index >= 15 is 0 Å². The molecule has 3 rings (SSSR count). The van der Waals surface area contributed by atoms with Crippen LogP contribution < -0.4 is 18.9 Å². The van der Waals surface area contributed by atoms with E-state index in [9.17, 15) is 28.8 Å². The number of esters is 4. The molecule has 14 nitrogen and oxygen atoms in total. The fourth-order valence-corrected chi connectivity index (χ4v) is 4.07. The molecule has 14 heteroatoms. The first-order valence-corrected chi connectivity index (χ1v) is 20.2. The van der Waals surface area contributed by atoms with E-state index in [1.807, 2.05) is 62.3 Å². The van der Waals surface area contributed by atoms with E-state index in [4.69, 9.17) is 37.9 Å². The average molecular weight is 839 g/mol. The number of hydrogen-bond acceptors (Lipinski definition) is 14. The Labute approximate surface area is 354 Å². The summed E-state index contributed by atoms with van der Waals surface area (Å²) in [4.78, 5) is 71.4. The Bertz CT molecular complexity index is 1710. The van der Waals surface area contributed by atoms with Crippen LogP contribution in [0.4, 0.5) is 9.59 Å². The van der Waals surface area contributed by atoms with Crippen LogP contribution in [0.25, 0.3) is 0 Å². The SMILES string of the molecule is C=CC(=O)OCCCCOC(=O)Oc1ccc(C(=O)Oc2ccc(OC(=O)c3ccc(OC(=O)OCCCCOC(=O)C=C)cc3)c(CC)c2)cc1.CC.CC.CC.CC. The molecular weight excluding hydrogens is 776 g/mol. The smallest absolute Gasteiger partial charge is 0.463 e. The van der Waals surface area contributed by atoms with Gasteiger partial charge in [-0.25, -0.2) is 28.8 Å². The molecule has 3 aromatic rings. The first kappa shape index (κ1) is 55.7. The van der Waals surface area contributed by atoms with Crippen LogP contribution in [0.1, 0.15) is 114 Å². The maximum Gasteiger partial charge on any atom is 0.513 e. The van der Waals surface area contributed by atoms with Crippen LogP contribution >= 0.6 is 0 Å². The standard InChI is InChI=1S/C38H38O14.4C2H6/c1-4-26-25-31(49-35(41)27-11-15-29(16-12-27)50-37(43)47-23-9-7-21-45-33(39)5-2)19-20-32(26)52-36(42)28-13-17-30(18-14-28)51-38(44)48-24-10-8-22-46-34(40)6-3;4*1-2/h5-6,11-20,25H,2-4,7-10,21-24H2,1H3;4*1-2H3. The average Bonchev–Trinajstić information content (AvgIpc) is 3.29. The Balaban J connectivity index is 0. The molecule has 0 aliphatic carbocycles. The molecule has 0 aromatic heterocycles. The summed E-state index contributed by atoms with van der Waals surface area (Å²) in [6.07, 6.45) is 2.63. The van der Waals surface area contributed by atoms with Gasteiger partial charge in [-0.3, -0.25) is 0 Å². The van der Waals surface area contributed by atoms with Gasteiger partial charge in [0.15, 0.2) is 0 Å². The zero-order valence-electron chi connectivity index (χ0n) is 36.5. The molecule has 0 saturated carbocycles. The van der Waals surface area contributed by atoms with Gasteiger partial charge in [-0.05, 0) is 104 Å². The fourth-order valence-electron chi connectivity index (χ4n) is 4.07. The Morgan fingerprint density at radius 1 is 0.467 bits per heavy atom. The van der Waals surface area contributed by atoms with E-state index in [0.29, 0.717) is 37.7 Å². The molecule has 0 spiro atoms. The topological polar surface area (TPSA) is 176 Å². The van der Waals surface area contributed by atoms with E-state index in [1.54, 1.807) is 6.07 Å². The van der Waals surface area contributed by atoms with Crippen molar-refractivity contribution in [2.24, 2.45) is 0 Å². The summed E-state index contributed by atoms with van der Waals surface area (Å²) >= 11 is 0. The van der Waals surface area contributed by atoms with Crippen molar-refractivity contribution in [2.75, 3.05) is 26.4 Å². The summed E-state index contributed by atoms with van der Waals surface area (Å²) in [5.41, 5.74) is 0.977. The lowest BCUT2D eigenvalue weighted by molar-refractivity contribution is -0.138. The maximum atomic E-state index is 12.8. The van der Waals surface area contributed by atoms with Crippen LogP contribution in [0.5, 0.6) is 23.0 Å². The summed E-state index contributed by atoms with van der Waals surface area (Å²) in [5.74, 6) is -1.60. The zero-order valence-corrected chi connectivity index (χ0v) is 36.5. The lowest BCUT2D eigenvalue weighted by Crippen LogP contribution is -2.13. The summed E-state index contributed by atoms with van der Waals surface area (Å²) in [7, 11) is 0. The van der Waals surface area contributed by atoms with Crippen LogP contribution in [0.3, 0.4) is 0 Å². The van der Waals surface area contributed by atoms with Gasteiger partial charge in [0.2, 0.25) is 0 Å². The van der Waals surface area contributed by atoms with Gasteiger partial charge in [0.05, 0.1) is 37.6 Å². The minimum atomic E-state index is -0.925. The second-order valence-electron chi connectivity index (χ2n) is 10.5. The highest BCUT2D eigenvalue weighted by molar-refractivity contribution is 5.92. The minimum absolute atomic E-state index is 0.0669. The van der Waals surface area contributed by atoms with Gasteiger partial charge in [-0.2, -0.15) is 0 Å². The molecular formula is C46H62O14. The van der Waals surface area contributed by atoms with Crippen LogP contribution in [-0.2, 0) is 35.0 Å². The van der Waals surface area contributed by atoms with Gasteiger partial charge in [-0.15, -0.1) is 0 Å². The second-order valence-corrected chi connectivity index (χ2v) is 10.5. The minimum Gasteiger partial charge on any atom is -0.463 e. The Hall–Kier alpha value is -6.44. The number of unbranched alkanes of at least 4 members (excludes halogenated alkanes) is 2. The first-order chi connectivity index (χ1) is 29.1. The van der Waals surface area contributed by atoms with E-state index in [-0.39, 0.29) is 60.6 Å². The van der Waals surface area contributed by atoms with E-state index in [2.05, 4.69) is 13.2 Å². The Morgan fingerprint density at radius 3 is 1.18 bits per heavy atom. The molecule has 0 aliphatic heterocycles. The third-order valence-electron chi connectivity index (χ3n) is 6.75. The van der Waals surface area contributed by atoms with Gasteiger partial charge in [0.1, 0.15) is 23.0 Å². The molecule has 0 saturated heterocycles. The molecule has 0 aliphatic rings. The third kappa shape index (κ3) is 23.7. The van der Waals surface area contributed by atoms with Crippen LogP contribution in [0.15, 0.2) is 92.0 Å². The van der Waals surface area contributed by atoms with Crippen molar-refractivity contribution >= 4 is 36.2 Å². The largest absolute Gasteiger partial charge is 0.513 e. The molecule has 0 unspecified atom stereocenters. The van der Waals surface area contributed by atoms with Crippen molar-refractivity contribution in [3.05, 3.63) is 109 Å². The van der Waals surface area contributed by atoms with Gasteiger partial charge >= 0.3 is 36.2 Å². The van der Waals surface area contributed by atoms with Crippen molar-refractivity contribution in [3.8, 4) is 23.0 Å². The lowest BCUT2D eigenvalue weighted by Gasteiger charge is -2.12. The predicted octanol–water partition coefficient (Wildman–Crippen LogP) is 10.8. The lowest BCUT2D eigenvalue weighted by atomic mass is 10.1. The summed E-state index contributed by atoms with van der Waals surface area (Å²) in [6, 6.07) is 15.9. The third-order valence-corrected chi connectivity index (χ3v) is 6.75. The van der Waals surface area contributed by atoms with Crippen molar-refractivity contribution in [3.63, 3.8) is 0 Å². The normalized spacial score (nSPS) is 9.22. The maximum absolute atomic E-state index is 12.8. The van der Waals surface area contributed by atoms with E-state index in [1.165, 1.54) is 60.7 Å². The molecule has 330 valence electrons. The van der Waals surface area contributed by atoms with Gasteiger partial charge < -0.3 is 37.9 Å². The number of carbonyl (C=O) groups excluding carboxylic acids is 6. The number of benzene rings is 3. The second kappa shape index (κ2) is 35.7. The van der Waals surface area contributed by atoms with Crippen LogP contribution in [0, 0.1) is 0 Å². The van der Waals surface area contributed by atoms with E-state index in [0.717, 1.165) is 12.2 Å². The molecule has 0 heterocycles. The monoisotopic (exact) mass is 838 g/mol. The van der Waals surface area contributed by atoms with Crippen molar-refractivity contribution < 1.29 is 66.7 Å². The number of carbonyl (C=O) groups is 6. The van der Waals surface area contributed by atoms with Crippen LogP contribution in [-0.4, -0.2) is 62.6 Å². The molecule has 0 fully saturated rings. The Kier molecular flexibility index (Phi) is 33.1. The Morgan fingerprint density at radius 2 is 0.817 bits per heavy atom. The quantitative estimate of drug-likeness (QED) is 0.0278. The van der Waals surface area contributed by atoms with Crippen molar-refractivity contribution in [2.45, 2.75) is 94.4 Å². The molecule has 60 heavy (non-hydrogen) atoms. The predicted molar refractivity (Wildman–Crippen MR) is 229 cm³/mol. The van der Waals surface area contributed by atoms with Crippen molar-refractivity contribution in [1.29, 1.82) is 0 Å². The van der Waals surface area contributed by atoms with Gasteiger partial charge in [0, 0.05) is 12.2 Å². The fraction of sp³-hybridized carbons (Fsp3) is 0.391. The highest BCUT2D eigenvalue weighted by atomic mass is 16.7. The number of hydrogen-bond donors (Lipinski definition) is 0. The van der Waals surface area contributed by atoms with Crippen LogP contribution in [0.2, 0.25) is 0 Å². The molecule has 0 N–H and O–H groups in total. The molecule has 0 amide bonds.